The second-order valence-electron chi connectivity index (χ2n) is 6.12. The van der Waals surface area contributed by atoms with E-state index in [9.17, 15) is 4.79 Å². The number of amides is 1. The molecule has 5 nitrogen and oxygen atoms in total. The minimum absolute atomic E-state index is 0.216. The Morgan fingerprint density at radius 2 is 1.82 bits per heavy atom. The van der Waals surface area contributed by atoms with E-state index in [1.54, 1.807) is 42.5 Å². The average molecular weight is 393 g/mol. The molecule has 1 amide bonds. The predicted molar refractivity (Wildman–Crippen MR) is 110 cm³/mol. The second kappa shape index (κ2) is 7.74. The molecule has 0 fully saturated rings. The summed E-state index contributed by atoms with van der Waals surface area (Å²) in [6.07, 6.45) is 0. The summed E-state index contributed by atoms with van der Waals surface area (Å²) in [5.41, 5.74) is 3.33. The Labute approximate surface area is 166 Å². The number of ether oxygens (including phenoxy) is 1. The molecule has 140 valence electrons. The van der Waals surface area contributed by atoms with Crippen molar-refractivity contribution in [3.8, 4) is 17.2 Å². The summed E-state index contributed by atoms with van der Waals surface area (Å²) >= 11 is 5.86. The molecule has 1 N–H and O–H groups in total. The summed E-state index contributed by atoms with van der Waals surface area (Å²) in [4.78, 5) is 16.9. The van der Waals surface area contributed by atoms with Crippen molar-refractivity contribution in [1.29, 1.82) is 0 Å². The van der Waals surface area contributed by atoms with Gasteiger partial charge in [-0.3, -0.25) is 4.79 Å². The Morgan fingerprint density at radius 1 is 1.07 bits per heavy atom. The van der Waals surface area contributed by atoms with Crippen LogP contribution in [0.5, 0.6) is 5.75 Å². The molecule has 0 aliphatic heterocycles. The standard InChI is InChI=1S/C22H17ClN2O3/c1-2-27-18-10-5-15(6-11-18)22-25-19-13-17(9-12-20(19)28-22)24-21(26)14-3-7-16(23)8-4-14/h3-13H,2H2,1H3,(H,24,26). The van der Waals surface area contributed by atoms with Crippen molar-refractivity contribution in [2.24, 2.45) is 0 Å². The first-order chi connectivity index (χ1) is 13.6. The first kappa shape index (κ1) is 18.1. The van der Waals surface area contributed by atoms with Crippen molar-refractivity contribution in [3.05, 3.63) is 77.3 Å². The van der Waals surface area contributed by atoms with Crippen LogP contribution in [0.1, 0.15) is 17.3 Å². The van der Waals surface area contributed by atoms with E-state index in [1.807, 2.05) is 31.2 Å². The van der Waals surface area contributed by atoms with E-state index in [4.69, 9.17) is 20.8 Å². The molecule has 0 aliphatic carbocycles. The van der Waals surface area contributed by atoms with Gasteiger partial charge in [-0.15, -0.1) is 0 Å². The van der Waals surface area contributed by atoms with Crippen molar-refractivity contribution >= 4 is 34.3 Å². The lowest BCUT2D eigenvalue weighted by Crippen LogP contribution is -2.11. The third-order valence-electron chi connectivity index (χ3n) is 4.16. The zero-order chi connectivity index (χ0) is 19.5. The number of hydrogen-bond donors (Lipinski definition) is 1. The minimum Gasteiger partial charge on any atom is -0.494 e. The lowest BCUT2D eigenvalue weighted by Gasteiger charge is -2.05. The molecule has 1 aromatic heterocycles. The lowest BCUT2D eigenvalue weighted by molar-refractivity contribution is 0.102. The molecule has 0 unspecified atom stereocenters. The van der Waals surface area contributed by atoms with Gasteiger partial charge in [-0.05, 0) is 73.7 Å². The number of carbonyl (C=O) groups is 1. The van der Waals surface area contributed by atoms with Crippen LogP contribution in [-0.4, -0.2) is 17.5 Å². The first-order valence-corrected chi connectivity index (χ1v) is 9.21. The van der Waals surface area contributed by atoms with Crippen LogP contribution in [0.2, 0.25) is 5.02 Å². The van der Waals surface area contributed by atoms with Crippen LogP contribution < -0.4 is 10.1 Å². The van der Waals surface area contributed by atoms with Gasteiger partial charge in [-0.25, -0.2) is 4.98 Å². The van der Waals surface area contributed by atoms with Gasteiger partial charge in [0.25, 0.3) is 5.91 Å². The molecule has 0 saturated carbocycles. The van der Waals surface area contributed by atoms with E-state index in [0.717, 1.165) is 11.3 Å². The largest absolute Gasteiger partial charge is 0.494 e. The number of nitrogens with zero attached hydrogens (tertiary/aromatic N) is 1. The van der Waals surface area contributed by atoms with Crippen molar-refractivity contribution in [2.45, 2.75) is 6.92 Å². The zero-order valence-electron chi connectivity index (χ0n) is 15.1. The van der Waals surface area contributed by atoms with Crippen LogP contribution in [0.4, 0.5) is 5.69 Å². The van der Waals surface area contributed by atoms with Crippen LogP contribution >= 0.6 is 11.6 Å². The Balaban J connectivity index is 1.56. The van der Waals surface area contributed by atoms with Gasteiger partial charge in [-0.2, -0.15) is 0 Å². The van der Waals surface area contributed by atoms with Gasteiger partial charge >= 0.3 is 0 Å². The monoisotopic (exact) mass is 392 g/mol. The number of fused-ring (bicyclic) bond motifs is 1. The van der Waals surface area contributed by atoms with E-state index in [-0.39, 0.29) is 5.91 Å². The highest BCUT2D eigenvalue weighted by Crippen LogP contribution is 2.27. The summed E-state index contributed by atoms with van der Waals surface area (Å²) < 4.78 is 11.3. The molecular formula is C22H17ClN2O3. The van der Waals surface area contributed by atoms with E-state index in [2.05, 4.69) is 10.3 Å². The third-order valence-corrected chi connectivity index (χ3v) is 4.42. The SMILES string of the molecule is CCOc1ccc(-c2nc3cc(NC(=O)c4ccc(Cl)cc4)ccc3o2)cc1. The fourth-order valence-corrected chi connectivity index (χ4v) is 2.92. The highest BCUT2D eigenvalue weighted by atomic mass is 35.5. The molecule has 0 aliphatic rings. The minimum atomic E-state index is -0.216. The van der Waals surface area contributed by atoms with Crippen molar-refractivity contribution < 1.29 is 13.9 Å². The summed E-state index contributed by atoms with van der Waals surface area (Å²) in [6.45, 7) is 2.56. The van der Waals surface area contributed by atoms with Gasteiger partial charge in [0.1, 0.15) is 11.3 Å². The van der Waals surface area contributed by atoms with Crippen molar-refractivity contribution in [1.82, 2.24) is 4.98 Å². The highest BCUT2D eigenvalue weighted by Gasteiger charge is 2.11. The molecule has 1 heterocycles. The Hall–Kier alpha value is -3.31. The number of hydrogen-bond acceptors (Lipinski definition) is 4. The average Bonchev–Trinajstić information content (AvgIpc) is 3.12. The molecule has 0 atom stereocenters. The number of nitrogens with one attached hydrogen (secondary N) is 1. The number of carbonyl (C=O) groups excluding carboxylic acids is 1. The predicted octanol–water partition coefficient (Wildman–Crippen LogP) is 5.80. The summed E-state index contributed by atoms with van der Waals surface area (Å²) in [5.74, 6) is 1.10. The molecule has 0 saturated heterocycles. The van der Waals surface area contributed by atoms with Crippen molar-refractivity contribution in [3.63, 3.8) is 0 Å². The number of aromatic nitrogens is 1. The summed E-state index contributed by atoms with van der Waals surface area (Å²) in [6, 6.07) is 19.6. The Kier molecular flexibility index (Phi) is 5.00. The molecule has 3 aromatic carbocycles. The second-order valence-corrected chi connectivity index (χ2v) is 6.56. The Morgan fingerprint density at radius 3 is 2.54 bits per heavy atom. The zero-order valence-corrected chi connectivity index (χ0v) is 15.9. The van der Waals surface area contributed by atoms with Crippen LogP contribution in [0.25, 0.3) is 22.6 Å². The van der Waals surface area contributed by atoms with Crippen molar-refractivity contribution in [2.75, 3.05) is 11.9 Å². The van der Waals surface area contributed by atoms with Gasteiger partial charge in [0.05, 0.1) is 6.61 Å². The third kappa shape index (κ3) is 3.85. The number of benzene rings is 3. The van der Waals surface area contributed by atoms with E-state index < -0.39 is 0 Å². The quantitative estimate of drug-likeness (QED) is 0.466. The molecule has 4 aromatic rings. The summed E-state index contributed by atoms with van der Waals surface area (Å²) in [7, 11) is 0. The van der Waals surface area contributed by atoms with Gasteiger partial charge in [-0.1, -0.05) is 11.6 Å². The van der Waals surface area contributed by atoms with Gasteiger partial charge in [0, 0.05) is 21.8 Å². The number of halogens is 1. The smallest absolute Gasteiger partial charge is 0.255 e. The molecule has 0 bridgehead atoms. The molecule has 28 heavy (non-hydrogen) atoms. The Bertz CT molecular complexity index is 1120. The fourth-order valence-electron chi connectivity index (χ4n) is 2.79. The number of oxazole rings is 1. The normalized spacial score (nSPS) is 10.8. The highest BCUT2D eigenvalue weighted by molar-refractivity contribution is 6.30. The van der Waals surface area contributed by atoms with Crippen LogP contribution in [0, 0.1) is 0 Å². The first-order valence-electron chi connectivity index (χ1n) is 8.83. The maximum absolute atomic E-state index is 12.4. The maximum atomic E-state index is 12.4. The molecule has 4 rings (SSSR count). The molecular weight excluding hydrogens is 376 g/mol. The van der Waals surface area contributed by atoms with E-state index in [1.165, 1.54) is 0 Å². The molecule has 6 heteroatoms. The van der Waals surface area contributed by atoms with Crippen LogP contribution in [-0.2, 0) is 0 Å². The van der Waals surface area contributed by atoms with Gasteiger partial charge in [0.15, 0.2) is 5.58 Å². The number of rotatable bonds is 5. The molecule has 0 spiro atoms. The summed E-state index contributed by atoms with van der Waals surface area (Å²) in [5, 5.41) is 3.45. The van der Waals surface area contributed by atoms with Crippen LogP contribution in [0.15, 0.2) is 71.1 Å². The van der Waals surface area contributed by atoms with Gasteiger partial charge < -0.3 is 14.5 Å². The topological polar surface area (TPSA) is 64.4 Å². The van der Waals surface area contributed by atoms with E-state index >= 15 is 0 Å². The van der Waals surface area contributed by atoms with Crippen LogP contribution in [0.3, 0.4) is 0 Å². The fraction of sp³-hybridized carbons (Fsp3) is 0.0909. The lowest BCUT2D eigenvalue weighted by atomic mass is 10.2. The maximum Gasteiger partial charge on any atom is 0.255 e. The number of anilines is 1. The van der Waals surface area contributed by atoms with Gasteiger partial charge in [0.2, 0.25) is 5.89 Å². The molecule has 0 radical (unpaired) electrons. The van der Waals surface area contributed by atoms with E-state index in [0.29, 0.717) is 39.9 Å².